The smallest absolute Gasteiger partial charge is 0.338 e. The molecule has 122 valence electrons. The predicted molar refractivity (Wildman–Crippen MR) is 79.9 cm³/mol. The number of nitrogens with one attached hydrogen (secondary N) is 1. The molecule has 0 aromatic heterocycles. The van der Waals surface area contributed by atoms with Crippen LogP contribution in [-0.4, -0.2) is 19.5 Å². The third kappa shape index (κ3) is 4.26. The van der Waals surface area contributed by atoms with Gasteiger partial charge in [-0.2, -0.15) is 0 Å². The zero-order valence-corrected chi connectivity index (χ0v) is 13.1. The van der Waals surface area contributed by atoms with Gasteiger partial charge in [0.1, 0.15) is 10.7 Å². The van der Waals surface area contributed by atoms with Crippen LogP contribution in [0.25, 0.3) is 0 Å². The maximum absolute atomic E-state index is 13.4. The molecule has 0 bridgehead atoms. The number of carboxylic acids is 1. The molecule has 0 aliphatic heterocycles. The van der Waals surface area contributed by atoms with E-state index in [1.165, 1.54) is 0 Å². The summed E-state index contributed by atoms with van der Waals surface area (Å²) >= 11 is 5.68. The van der Waals surface area contributed by atoms with Crippen molar-refractivity contribution in [3.63, 3.8) is 0 Å². The van der Waals surface area contributed by atoms with Gasteiger partial charge < -0.3 is 5.11 Å². The fourth-order valence-electron chi connectivity index (χ4n) is 1.71. The van der Waals surface area contributed by atoms with E-state index >= 15 is 0 Å². The predicted octanol–water partition coefficient (Wildman–Crippen LogP) is 2.59. The van der Waals surface area contributed by atoms with Gasteiger partial charge in [-0.25, -0.2) is 17.6 Å². The van der Waals surface area contributed by atoms with Crippen molar-refractivity contribution in [2.75, 3.05) is 0 Å². The maximum atomic E-state index is 13.4. The SMILES string of the molecule is O=C(O)c1cc(S(=O)(=O)NOCc2ccccc2)c(Cl)cc1F. The Labute approximate surface area is 136 Å². The average Bonchev–Trinajstić information content (AvgIpc) is 2.47. The molecule has 0 aliphatic carbocycles. The van der Waals surface area contributed by atoms with E-state index in [0.717, 1.165) is 0 Å². The second-order valence-corrected chi connectivity index (χ2v) is 6.45. The lowest BCUT2D eigenvalue weighted by atomic mass is 10.2. The number of hydrogen-bond acceptors (Lipinski definition) is 4. The van der Waals surface area contributed by atoms with Gasteiger partial charge in [0, 0.05) is 0 Å². The Hall–Kier alpha value is -2.00. The highest BCUT2D eigenvalue weighted by molar-refractivity contribution is 7.89. The Kier molecular flexibility index (Phi) is 5.32. The zero-order chi connectivity index (χ0) is 17.0. The fourth-order valence-corrected chi connectivity index (χ4v) is 3.06. The molecular formula is C14H11ClFNO5S. The van der Waals surface area contributed by atoms with Crippen LogP contribution < -0.4 is 4.89 Å². The van der Waals surface area contributed by atoms with E-state index in [0.29, 0.717) is 17.7 Å². The number of sulfonamides is 1. The maximum Gasteiger partial charge on any atom is 0.338 e. The Bertz CT molecular complexity index is 827. The molecule has 2 aromatic rings. The quantitative estimate of drug-likeness (QED) is 0.773. The van der Waals surface area contributed by atoms with Crippen LogP contribution in [0.15, 0.2) is 47.4 Å². The number of carboxylic acid groups (broad SMARTS) is 1. The number of rotatable bonds is 6. The van der Waals surface area contributed by atoms with E-state index in [9.17, 15) is 17.6 Å². The Morgan fingerprint density at radius 3 is 2.52 bits per heavy atom. The highest BCUT2D eigenvalue weighted by Gasteiger charge is 2.23. The van der Waals surface area contributed by atoms with Crippen molar-refractivity contribution in [3.05, 3.63) is 64.4 Å². The van der Waals surface area contributed by atoms with E-state index in [1.54, 1.807) is 30.3 Å². The molecule has 23 heavy (non-hydrogen) atoms. The third-order valence-corrected chi connectivity index (χ3v) is 4.47. The summed E-state index contributed by atoms with van der Waals surface area (Å²) in [5.74, 6) is -2.74. The number of halogens is 2. The van der Waals surface area contributed by atoms with Crippen molar-refractivity contribution < 1.29 is 27.5 Å². The van der Waals surface area contributed by atoms with Crippen LogP contribution in [0.2, 0.25) is 5.02 Å². The second-order valence-electron chi connectivity index (χ2n) is 4.43. The average molecular weight is 360 g/mol. The van der Waals surface area contributed by atoms with Gasteiger partial charge in [0.25, 0.3) is 10.0 Å². The first kappa shape index (κ1) is 17.4. The zero-order valence-electron chi connectivity index (χ0n) is 11.5. The number of carbonyl (C=O) groups is 1. The van der Waals surface area contributed by atoms with Crippen LogP contribution in [-0.2, 0) is 21.5 Å². The van der Waals surface area contributed by atoms with E-state index in [-0.39, 0.29) is 6.61 Å². The lowest BCUT2D eigenvalue weighted by Crippen LogP contribution is -2.24. The molecule has 0 fully saturated rings. The van der Waals surface area contributed by atoms with Crippen LogP contribution in [0.1, 0.15) is 15.9 Å². The molecule has 6 nitrogen and oxygen atoms in total. The molecule has 0 heterocycles. The minimum Gasteiger partial charge on any atom is -0.478 e. The monoisotopic (exact) mass is 359 g/mol. The summed E-state index contributed by atoms with van der Waals surface area (Å²) < 4.78 is 37.6. The molecule has 0 spiro atoms. The molecule has 0 saturated heterocycles. The van der Waals surface area contributed by atoms with Crippen molar-refractivity contribution in [1.29, 1.82) is 0 Å². The minimum atomic E-state index is -4.27. The number of aromatic carboxylic acids is 1. The van der Waals surface area contributed by atoms with Gasteiger partial charge in [0.05, 0.1) is 17.2 Å². The molecule has 9 heteroatoms. The van der Waals surface area contributed by atoms with Crippen molar-refractivity contribution in [2.45, 2.75) is 11.5 Å². The lowest BCUT2D eigenvalue weighted by Gasteiger charge is -2.10. The molecule has 2 aromatic carbocycles. The molecule has 2 N–H and O–H groups in total. The van der Waals surface area contributed by atoms with Crippen molar-refractivity contribution in [1.82, 2.24) is 4.89 Å². The molecular weight excluding hydrogens is 349 g/mol. The van der Waals surface area contributed by atoms with Crippen LogP contribution in [0.4, 0.5) is 4.39 Å². The van der Waals surface area contributed by atoms with Gasteiger partial charge in [-0.1, -0.05) is 46.8 Å². The summed E-state index contributed by atoms with van der Waals surface area (Å²) in [5, 5.41) is 8.39. The molecule has 0 atom stereocenters. The van der Waals surface area contributed by atoms with Crippen molar-refractivity contribution in [3.8, 4) is 0 Å². The first-order valence-electron chi connectivity index (χ1n) is 6.21. The normalized spacial score (nSPS) is 11.4. The number of benzene rings is 2. The van der Waals surface area contributed by atoms with E-state index in [1.807, 2.05) is 4.89 Å². The van der Waals surface area contributed by atoms with Crippen molar-refractivity contribution in [2.24, 2.45) is 0 Å². The molecule has 0 saturated carbocycles. The summed E-state index contributed by atoms with van der Waals surface area (Å²) in [6.45, 7) is -0.0509. The minimum absolute atomic E-state index is 0.0509. The van der Waals surface area contributed by atoms with Gasteiger partial charge in [-0.05, 0) is 17.7 Å². The summed E-state index contributed by atoms with van der Waals surface area (Å²) in [6.07, 6.45) is 0. The molecule has 0 radical (unpaired) electrons. The Morgan fingerprint density at radius 2 is 1.91 bits per heavy atom. The van der Waals surface area contributed by atoms with Crippen molar-refractivity contribution >= 4 is 27.6 Å². The van der Waals surface area contributed by atoms with E-state index < -0.39 is 37.3 Å². The largest absolute Gasteiger partial charge is 0.478 e. The first-order chi connectivity index (χ1) is 10.8. The molecule has 2 rings (SSSR count). The van der Waals surface area contributed by atoms with Crippen LogP contribution in [0, 0.1) is 5.82 Å². The third-order valence-electron chi connectivity index (χ3n) is 2.79. The highest BCUT2D eigenvalue weighted by Crippen LogP contribution is 2.25. The van der Waals surface area contributed by atoms with Gasteiger partial charge in [0.15, 0.2) is 0 Å². The van der Waals surface area contributed by atoms with Crippen LogP contribution in [0.5, 0.6) is 0 Å². The summed E-state index contributed by atoms with van der Waals surface area (Å²) in [6, 6.07) is 10.0. The van der Waals surface area contributed by atoms with Gasteiger partial charge in [-0.15, -0.1) is 0 Å². The van der Waals surface area contributed by atoms with E-state index in [2.05, 4.69) is 0 Å². The fraction of sp³-hybridized carbons (Fsp3) is 0.0714. The number of hydrogen-bond donors (Lipinski definition) is 2. The molecule has 0 unspecified atom stereocenters. The van der Waals surface area contributed by atoms with E-state index in [4.69, 9.17) is 21.5 Å². The summed E-state index contributed by atoms with van der Waals surface area (Å²) in [4.78, 5) is 17.0. The van der Waals surface area contributed by atoms with Crippen LogP contribution >= 0.6 is 11.6 Å². The van der Waals surface area contributed by atoms with Crippen LogP contribution in [0.3, 0.4) is 0 Å². The Balaban J connectivity index is 2.19. The van der Waals surface area contributed by atoms with Gasteiger partial charge in [-0.3, -0.25) is 4.84 Å². The molecule has 0 amide bonds. The first-order valence-corrected chi connectivity index (χ1v) is 8.07. The van der Waals surface area contributed by atoms with Gasteiger partial charge >= 0.3 is 5.97 Å². The Morgan fingerprint density at radius 1 is 1.26 bits per heavy atom. The van der Waals surface area contributed by atoms with Gasteiger partial charge in [0.2, 0.25) is 0 Å². The highest BCUT2D eigenvalue weighted by atomic mass is 35.5. The summed E-state index contributed by atoms with van der Waals surface area (Å²) in [7, 11) is -4.27. The topological polar surface area (TPSA) is 92.7 Å². The molecule has 0 aliphatic rings. The second kappa shape index (κ2) is 7.05. The standard InChI is InChI=1S/C14H11ClFNO5S/c15-11-7-12(16)10(14(18)19)6-13(11)23(20,21)17-22-8-9-4-2-1-3-5-9/h1-7,17H,8H2,(H,18,19). The lowest BCUT2D eigenvalue weighted by molar-refractivity contribution is 0.0691. The summed E-state index contributed by atoms with van der Waals surface area (Å²) in [5.41, 5.74) is -0.0931.